The second-order valence-corrected chi connectivity index (χ2v) is 32.7. The molecule has 0 bridgehead atoms. The van der Waals surface area contributed by atoms with E-state index >= 15 is 0 Å². The Kier molecular flexibility index (Phi) is 56.3. The van der Waals surface area contributed by atoms with Crippen LogP contribution in [0.5, 0.6) is 28.7 Å². The van der Waals surface area contributed by atoms with Gasteiger partial charge in [-0.3, -0.25) is 28.7 Å². The van der Waals surface area contributed by atoms with Crippen LogP contribution in [0.1, 0.15) is 221 Å². The van der Waals surface area contributed by atoms with Crippen molar-refractivity contribution in [3.63, 3.8) is 0 Å². The normalized spacial score (nSPS) is 17.0. The number of aromatic nitrogens is 3. The molecule has 0 spiro atoms. The largest absolute Gasteiger partial charge is 1.00 e. The fourth-order valence-electron chi connectivity index (χ4n) is 15.0. The molecule has 5 aromatic carbocycles. The number of ether oxygens (including phenoxy) is 7. The Bertz CT molecular complexity index is 4580. The number of nitrogens with one attached hydrogen (secondary N) is 2. The number of anilines is 2. The molecule has 6 atom stereocenters. The van der Waals surface area contributed by atoms with Gasteiger partial charge < -0.3 is 74.8 Å². The molecule has 8 aromatic rings. The molecule has 3 fully saturated rings. The number of carboxylic acids is 2. The number of allylic oxidation sites excluding steroid dienone is 5. The van der Waals surface area contributed by atoms with Crippen molar-refractivity contribution in [2.75, 3.05) is 104 Å². The van der Waals surface area contributed by atoms with Gasteiger partial charge in [-0.25, -0.2) is 14.8 Å². The van der Waals surface area contributed by atoms with Crippen molar-refractivity contribution in [2.45, 2.75) is 190 Å². The molecule has 0 saturated heterocycles. The van der Waals surface area contributed by atoms with E-state index < -0.39 is 25.5 Å². The summed E-state index contributed by atoms with van der Waals surface area (Å²) in [6.07, 6.45) is 26.7. The van der Waals surface area contributed by atoms with E-state index in [1.807, 2.05) is 116 Å². The third-order valence-corrected chi connectivity index (χ3v) is 23.3. The maximum absolute atomic E-state index is 11.8. The molecule has 3 heterocycles. The van der Waals surface area contributed by atoms with Crippen LogP contribution in [0.15, 0.2) is 223 Å². The number of hydrogen-bond donors (Lipinski definition) is 6. The van der Waals surface area contributed by atoms with Crippen molar-refractivity contribution in [1.29, 1.82) is 0 Å². The van der Waals surface area contributed by atoms with Crippen LogP contribution in [-0.4, -0.2) is 158 Å². The average molecular weight is 1810 g/mol. The average Bonchev–Trinajstić information content (AvgIpc) is 1.73. The Labute approximate surface area is 790 Å². The fourth-order valence-corrected chi connectivity index (χ4v) is 16.5. The summed E-state index contributed by atoms with van der Waals surface area (Å²) in [5.74, 6) is 7.53. The Morgan fingerprint density at radius 1 is 0.535 bits per heavy atom. The van der Waals surface area contributed by atoms with Gasteiger partial charge in [0.2, 0.25) is 0 Å². The number of esters is 2. The van der Waals surface area contributed by atoms with Gasteiger partial charge in [0, 0.05) is 71.6 Å². The molecule has 5 aliphatic carbocycles. The van der Waals surface area contributed by atoms with Crippen molar-refractivity contribution < 1.29 is 124 Å². The Morgan fingerprint density at radius 3 is 1.36 bits per heavy atom. The number of benzene rings is 5. The van der Waals surface area contributed by atoms with Gasteiger partial charge in [0.1, 0.15) is 46.5 Å². The van der Waals surface area contributed by atoms with Gasteiger partial charge in [0.25, 0.3) is 0 Å². The summed E-state index contributed by atoms with van der Waals surface area (Å²) in [5.41, 5.74) is 10.3. The van der Waals surface area contributed by atoms with Crippen molar-refractivity contribution >= 4 is 60.0 Å². The number of nitrogens with zero attached hydrogens (tertiary/aromatic N) is 4. The summed E-state index contributed by atoms with van der Waals surface area (Å²) in [7, 11) is 1.74. The van der Waals surface area contributed by atoms with E-state index in [-0.39, 0.29) is 99.0 Å². The van der Waals surface area contributed by atoms with Crippen molar-refractivity contribution in [1.82, 2.24) is 14.7 Å². The standard InChI is InChI=1S/2C21H26N2O3.C16H18O3.C13H18O.C12H12O2.C8H12N2O2.C8H17O5P.3CH4.Na.H2.H/c2*24-21(25)15-16-5-6-18(14-16)17-7-9-19(10-8-17)26-13-3-12-23-20-4-1-2-11-22-20;1-3-19-16(17)11-12-4-5-14(10-12)13-6-8-15(18-2)9-7-13;1-10-3-4-12(9-10)11-5-7-13(14-2)8-6-11;1-14-12-6-3-9(4-7-12)10-2-5-11(13)8-10;11-7-3-5-9-8-4-1-2-6-10(8)12;1-4-11-8(9)7-14(10,12-5-2)13-6-3;;;;;;/h2*1-2,4,7-11,16,18H,3,5-6,12-15H2,(H,22,23)(H,24,25);6-11H,3-5H2,1-2H3;5-8,10,12H,3-4,9H2,1-2H3;3-4,6-8H,2,5H2,1H3;1-2,4,6,11-12H,3,5,7H2;4-7H2,1-3H3;3*1H4;;1H;/q;;;;;;;;;;+1;;-1/b;;12-11-;;;;;;;;;;. The number of carbonyl (C=O) groups is 5. The molecule has 25 nitrogen and oxygen atoms in total. The van der Waals surface area contributed by atoms with Crippen LogP contribution in [0, 0.1) is 17.8 Å². The fraction of sp³-hybridized carbons (Fsp3) is 0.451. The summed E-state index contributed by atoms with van der Waals surface area (Å²) >= 11 is 0. The first-order valence-corrected chi connectivity index (χ1v) is 45.3. The molecule has 3 aromatic heterocycles. The quantitative estimate of drug-likeness (QED) is 0.00530. The summed E-state index contributed by atoms with van der Waals surface area (Å²) in [5, 5.41) is 42.0. The molecule has 0 radical (unpaired) electrons. The topological polar surface area (TPSA) is 334 Å². The number of methoxy groups -OCH3 is 3. The zero-order valence-corrected chi connectivity index (χ0v) is 77.7. The predicted molar refractivity (Wildman–Crippen MR) is 512 cm³/mol. The van der Waals surface area contributed by atoms with Crippen molar-refractivity contribution in [2.24, 2.45) is 22.7 Å². The van der Waals surface area contributed by atoms with Gasteiger partial charge >= 0.3 is 61.0 Å². The Hall–Kier alpha value is -10.4. The Balaban J connectivity index is 0.000000773. The molecule has 3 saturated carbocycles. The van der Waals surface area contributed by atoms with E-state index in [1.54, 1.807) is 84.8 Å². The minimum atomic E-state index is -3.28. The number of aliphatic hydroxyl groups is 1. The monoisotopic (exact) mass is 1810 g/mol. The van der Waals surface area contributed by atoms with E-state index in [0.29, 0.717) is 81.2 Å². The van der Waals surface area contributed by atoms with Gasteiger partial charge in [-0.05, 0) is 301 Å². The zero-order chi connectivity index (χ0) is 89.8. The van der Waals surface area contributed by atoms with Crippen LogP contribution in [-0.2, 0) is 47.1 Å². The number of rotatable bonds is 36. The number of aliphatic hydroxyl groups excluding tert-OH is 1. The number of carbonyl (C=O) groups excluding carboxylic acids is 3. The molecular formula is C102H144N6NaO19P. The molecule has 5 aliphatic rings. The summed E-state index contributed by atoms with van der Waals surface area (Å²) in [6, 6.07) is 57.7. The molecule has 6 N–H and O–H groups in total. The second kappa shape index (κ2) is 64.4. The van der Waals surface area contributed by atoms with E-state index in [2.05, 4.69) is 91.9 Å². The number of pyridine rings is 3. The molecule has 0 amide bonds. The zero-order valence-electron chi connectivity index (χ0n) is 75.8. The van der Waals surface area contributed by atoms with E-state index in [0.717, 1.165) is 157 Å². The van der Waals surface area contributed by atoms with Crippen LogP contribution in [0.2, 0.25) is 0 Å². The smallest absolute Gasteiger partial charge is 1.00 e. The van der Waals surface area contributed by atoms with Gasteiger partial charge in [-0.2, -0.15) is 4.73 Å². The third kappa shape index (κ3) is 43.7. The van der Waals surface area contributed by atoms with Gasteiger partial charge in [0.05, 0.1) is 61.0 Å². The third-order valence-electron chi connectivity index (χ3n) is 21.3. The summed E-state index contributed by atoms with van der Waals surface area (Å²) in [6.45, 7) is 14.0. The number of carboxylic acid groups (broad SMARTS) is 2. The first-order chi connectivity index (χ1) is 60.6. The molecular weight excluding hydrogens is 1670 g/mol. The minimum Gasteiger partial charge on any atom is -1.00 e. The van der Waals surface area contributed by atoms with Crippen molar-refractivity contribution in [3.8, 4) is 28.7 Å². The SMILES string of the molecule is C.C.C.CCOC(=O)/C=C1\C=C(c2ccc(OC)cc2)CC1.CCOC(=O)CP(=O)(OCC)OCC.COc1ccc(C2=CC(=O)CC2)cc1.COc1ccc(C2CCC(C)C2)cc1.O=C(O)CC1CCC(c2ccc(OCCCNc3ccccn3)cc2)C1.O=C(O)CC1CCC(c2ccc(OCCCNc3ccccn3)cc2)C1.OCCCN=c1ccccn1O.[H-].[HH].[Na+]. The van der Waals surface area contributed by atoms with E-state index in [4.69, 9.17) is 52.8 Å². The number of aliphatic carboxylic acids is 2. The van der Waals surface area contributed by atoms with Crippen LogP contribution in [0.25, 0.3) is 11.1 Å². The molecule has 13 rings (SSSR count). The Morgan fingerprint density at radius 2 is 0.969 bits per heavy atom. The van der Waals surface area contributed by atoms with Crippen LogP contribution >= 0.6 is 7.60 Å². The predicted octanol–water partition coefficient (Wildman–Crippen LogP) is 19.1. The molecule has 0 aliphatic heterocycles. The maximum Gasteiger partial charge on any atom is 1.00 e. The van der Waals surface area contributed by atoms with Gasteiger partial charge in [-0.15, -0.1) is 0 Å². The van der Waals surface area contributed by atoms with E-state index in [9.17, 15) is 33.7 Å². The summed E-state index contributed by atoms with van der Waals surface area (Å²) < 4.78 is 59.1. The molecule has 702 valence electrons. The van der Waals surface area contributed by atoms with Gasteiger partial charge in [-0.1, -0.05) is 121 Å². The minimum absolute atomic E-state index is 0. The number of hydrogen-bond acceptors (Lipinski definition) is 22. The first-order valence-electron chi connectivity index (χ1n) is 43.6. The maximum atomic E-state index is 11.8. The first kappa shape index (κ1) is 113. The van der Waals surface area contributed by atoms with Crippen LogP contribution < -0.4 is 69.4 Å². The van der Waals surface area contributed by atoms with E-state index in [1.165, 1.54) is 53.3 Å². The summed E-state index contributed by atoms with van der Waals surface area (Å²) in [4.78, 5) is 67.7. The van der Waals surface area contributed by atoms with Crippen molar-refractivity contribution in [3.05, 3.63) is 252 Å². The number of ketones is 1. The van der Waals surface area contributed by atoms with Crippen LogP contribution in [0.3, 0.4) is 0 Å². The molecule has 6 unspecified atom stereocenters. The molecule has 27 heteroatoms. The van der Waals surface area contributed by atoms with Gasteiger partial charge in [0.15, 0.2) is 11.3 Å². The molecule has 129 heavy (non-hydrogen) atoms. The second-order valence-electron chi connectivity index (χ2n) is 30.7. The van der Waals surface area contributed by atoms with Crippen LogP contribution in [0.4, 0.5) is 11.6 Å².